The van der Waals surface area contributed by atoms with Gasteiger partial charge in [0.1, 0.15) is 5.75 Å². The minimum atomic E-state index is -3.85. The van der Waals surface area contributed by atoms with Crippen LogP contribution in [0.15, 0.2) is 41.3 Å². The standard InChI is InChI=1S/C19H20ClNO5S/c1-25-13-6-8-15-12(10-13)4-3-5-18(15)21-27(23,24)14-7-9-17(20)16(11-14)19(22)26-2/h6-11,18,21H,3-5H2,1-2H3/t18-/m0/s1. The first-order chi connectivity index (χ1) is 12.9. The van der Waals surface area contributed by atoms with Crippen LogP contribution in [0.3, 0.4) is 0 Å². The molecular weight excluding hydrogens is 390 g/mol. The summed E-state index contributed by atoms with van der Waals surface area (Å²) in [7, 11) is -1.03. The van der Waals surface area contributed by atoms with Gasteiger partial charge in [0.2, 0.25) is 10.0 Å². The molecule has 0 heterocycles. The van der Waals surface area contributed by atoms with Gasteiger partial charge in [-0.2, -0.15) is 0 Å². The van der Waals surface area contributed by atoms with Gasteiger partial charge in [-0.25, -0.2) is 17.9 Å². The van der Waals surface area contributed by atoms with Crippen LogP contribution in [0.4, 0.5) is 0 Å². The van der Waals surface area contributed by atoms with Crippen LogP contribution in [0.5, 0.6) is 5.75 Å². The zero-order valence-electron chi connectivity index (χ0n) is 15.0. The fraction of sp³-hybridized carbons (Fsp3) is 0.316. The molecule has 3 rings (SSSR count). The Morgan fingerprint density at radius 3 is 2.67 bits per heavy atom. The lowest BCUT2D eigenvalue weighted by molar-refractivity contribution is 0.0600. The summed E-state index contributed by atoms with van der Waals surface area (Å²) >= 11 is 5.98. The van der Waals surface area contributed by atoms with E-state index in [9.17, 15) is 13.2 Å². The summed E-state index contributed by atoms with van der Waals surface area (Å²) in [6.45, 7) is 0. The minimum Gasteiger partial charge on any atom is -0.497 e. The number of nitrogens with one attached hydrogen (secondary N) is 1. The van der Waals surface area contributed by atoms with Crippen LogP contribution in [0.1, 0.15) is 40.4 Å². The molecule has 6 nitrogen and oxygen atoms in total. The van der Waals surface area contributed by atoms with Crippen molar-refractivity contribution in [2.75, 3.05) is 14.2 Å². The van der Waals surface area contributed by atoms with E-state index >= 15 is 0 Å². The first-order valence-electron chi connectivity index (χ1n) is 8.42. The maximum absolute atomic E-state index is 12.9. The van der Waals surface area contributed by atoms with Crippen molar-refractivity contribution in [1.82, 2.24) is 4.72 Å². The number of hydrogen-bond acceptors (Lipinski definition) is 5. The number of esters is 1. The molecule has 0 spiro atoms. The summed E-state index contributed by atoms with van der Waals surface area (Å²) in [6.07, 6.45) is 2.43. The van der Waals surface area contributed by atoms with Gasteiger partial charge in [0.25, 0.3) is 0 Å². The molecule has 0 saturated carbocycles. The molecule has 1 N–H and O–H groups in total. The number of rotatable bonds is 5. The molecule has 0 fully saturated rings. The summed E-state index contributed by atoms with van der Waals surface area (Å²) < 4.78 is 38.4. The Labute approximate surface area is 163 Å². The monoisotopic (exact) mass is 409 g/mol. The van der Waals surface area contributed by atoms with Gasteiger partial charge in [0.15, 0.2) is 0 Å². The number of sulfonamides is 1. The molecule has 0 saturated heterocycles. The van der Waals surface area contributed by atoms with Crippen LogP contribution in [0, 0.1) is 0 Å². The highest BCUT2D eigenvalue weighted by molar-refractivity contribution is 7.89. The molecule has 0 aromatic heterocycles. The number of hydrogen-bond donors (Lipinski definition) is 1. The Hall–Kier alpha value is -2.09. The number of carbonyl (C=O) groups excluding carboxylic acids is 1. The lowest BCUT2D eigenvalue weighted by Crippen LogP contribution is -2.31. The molecule has 2 aromatic carbocycles. The molecule has 0 aliphatic heterocycles. The molecule has 0 unspecified atom stereocenters. The first kappa shape index (κ1) is 19.7. The Bertz CT molecular complexity index is 974. The van der Waals surface area contributed by atoms with Crippen molar-refractivity contribution in [3.63, 3.8) is 0 Å². The van der Waals surface area contributed by atoms with E-state index in [0.29, 0.717) is 6.42 Å². The van der Waals surface area contributed by atoms with Crippen molar-refractivity contribution in [3.05, 3.63) is 58.1 Å². The van der Waals surface area contributed by atoms with Crippen molar-refractivity contribution >= 4 is 27.6 Å². The molecular formula is C19H20ClNO5S. The lowest BCUT2D eigenvalue weighted by atomic mass is 9.88. The Balaban J connectivity index is 1.91. The molecule has 27 heavy (non-hydrogen) atoms. The quantitative estimate of drug-likeness (QED) is 0.764. The molecule has 144 valence electrons. The number of carbonyl (C=O) groups is 1. The highest BCUT2D eigenvalue weighted by Crippen LogP contribution is 2.33. The molecule has 0 radical (unpaired) electrons. The van der Waals surface area contributed by atoms with E-state index in [1.54, 1.807) is 7.11 Å². The fourth-order valence-corrected chi connectivity index (χ4v) is 4.70. The third-order valence-electron chi connectivity index (χ3n) is 4.62. The van der Waals surface area contributed by atoms with Gasteiger partial charge in [0.05, 0.1) is 29.7 Å². The SMILES string of the molecule is COC(=O)c1cc(S(=O)(=O)N[C@H]2CCCc3cc(OC)ccc32)ccc1Cl. The second-order valence-corrected chi connectivity index (χ2v) is 8.39. The summed E-state index contributed by atoms with van der Waals surface area (Å²) in [4.78, 5) is 11.8. The van der Waals surface area contributed by atoms with Gasteiger partial charge in [-0.3, -0.25) is 0 Å². The highest BCUT2D eigenvalue weighted by atomic mass is 35.5. The molecule has 2 aromatic rings. The number of halogens is 1. The molecule has 1 atom stereocenters. The smallest absolute Gasteiger partial charge is 0.339 e. The predicted molar refractivity (Wildman–Crippen MR) is 102 cm³/mol. The second kappa shape index (κ2) is 7.88. The summed E-state index contributed by atoms with van der Waals surface area (Å²) in [5.41, 5.74) is 2.02. The first-order valence-corrected chi connectivity index (χ1v) is 10.3. The van der Waals surface area contributed by atoms with Crippen molar-refractivity contribution < 1.29 is 22.7 Å². The highest BCUT2D eigenvalue weighted by Gasteiger charge is 2.27. The maximum atomic E-state index is 12.9. The minimum absolute atomic E-state index is 0.0100. The predicted octanol–water partition coefficient (Wildman–Crippen LogP) is 3.49. The molecule has 1 aliphatic rings. The van der Waals surface area contributed by atoms with E-state index < -0.39 is 16.0 Å². The second-order valence-electron chi connectivity index (χ2n) is 6.26. The summed E-state index contributed by atoms with van der Waals surface area (Å²) in [5.74, 6) is 0.0600. The van der Waals surface area contributed by atoms with E-state index in [1.807, 2.05) is 18.2 Å². The van der Waals surface area contributed by atoms with E-state index in [4.69, 9.17) is 16.3 Å². The van der Waals surface area contributed by atoms with Gasteiger partial charge in [-0.15, -0.1) is 0 Å². The van der Waals surface area contributed by atoms with Crippen LogP contribution in [0.2, 0.25) is 5.02 Å². The number of benzene rings is 2. The van der Waals surface area contributed by atoms with Gasteiger partial charge in [-0.05, 0) is 60.7 Å². The van der Waals surface area contributed by atoms with E-state index in [0.717, 1.165) is 29.7 Å². The Morgan fingerprint density at radius 2 is 1.96 bits per heavy atom. The molecule has 0 bridgehead atoms. The van der Waals surface area contributed by atoms with Gasteiger partial charge in [-0.1, -0.05) is 17.7 Å². The Morgan fingerprint density at radius 1 is 1.19 bits per heavy atom. The molecule has 8 heteroatoms. The van der Waals surface area contributed by atoms with Crippen molar-refractivity contribution in [3.8, 4) is 5.75 Å². The largest absolute Gasteiger partial charge is 0.497 e. The topological polar surface area (TPSA) is 81.7 Å². The van der Waals surface area contributed by atoms with Crippen molar-refractivity contribution in [2.45, 2.75) is 30.2 Å². The average Bonchev–Trinajstić information content (AvgIpc) is 2.67. The molecule has 1 aliphatic carbocycles. The van der Waals surface area contributed by atoms with Gasteiger partial charge < -0.3 is 9.47 Å². The summed E-state index contributed by atoms with van der Waals surface area (Å²) in [5, 5.41) is 0.135. The average molecular weight is 410 g/mol. The van der Waals surface area contributed by atoms with Crippen LogP contribution in [0.25, 0.3) is 0 Å². The van der Waals surface area contributed by atoms with Gasteiger partial charge in [0, 0.05) is 6.04 Å². The van der Waals surface area contributed by atoms with E-state index in [1.165, 1.54) is 25.3 Å². The van der Waals surface area contributed by atoms with Gasteiger partial charge >= 0.3 is 5.97 Å². The number of methoxy groups -OCH3 is 2. The normalized spacial score (nSPS) is 16.5. The van der Waals surface area contributed by atoms with Crippen LogP contribution in [-0.4, -0.2) is 28.6 Å². The van der Waals surface area contributed by atoms with E-state index in [2.05, 4.69) is 9.46 Å². The third-order valence-corrected chi connectivity index (χ3v) is 6.41. The maximum Gasteiger partial charge on any atom is 0.339 e. The molecule has 0 amide bonds. The van der Waals surface area contributed by atoms with Crippen molar-refractivity contribution in [2.24, 2.45) is 0 Å². The lowest BCUT2D eigenvalue weighted by Gasteiger charge is -2.26. The van der Waals surface area contributed by atoms with E-state index in [-0.39, 0.29) is 21.5 Å². The van der Waals surface area contributed by atoms with Crippen LogP contribution >= 0.6 is 11.6 Å². The zero-order chi connectivity index (χ0) is 19.6. The third kappa shape index (κ3) is 4.10. The van der Waals surface area contributed by atoms with Crippen LogP contribution in [-0.2, 0) is 21.2 Å². The fourth-order valence-electron chi connectivity index (χ4n) is 3.23. The Kier molecular flexibility index (Phi) is 5.74. The number of aryl methyl sites for hydroxylation is 1. The van der Waals surface area contributed by atoms with Crippen LogP contribution < -0.4 is 9.46 Å². The van der Waals surface area contributed by atoms with Crippen molar-refractivity contribution in [1.29, 1.82) is 0 Å². The zero-order valence-corrected chi connectivity index (χ0v) is 16.6. The number of fused-ring (bicyclic) bond motifs is 1. The number of ether oxygens (including phenoxy) is 2. The summed E-state index contributed by atoms with van der Waals surface area (Å²) in [6, 6.07) is 9.28.